The molecule has 0 saturated heterocycles. The summed E-state index contributed by atoms with van der Waals surface area (Å²) in [6.45, 7) is 0.320. The first-order chi connectivity index (χ1) is 15.6. The molecular weight excluding hydrogens is 424 g/mol. The predicted molar refractivity (Wildman–Crippen MR) is 124 cm³/mol. The van der Waals surface area contributed by atoms with Crippen LogP contribution in [0.5, 0.6) is 0 Å². The van der Waals surface area contributed by atoms with E-state index in [4.69, 9.17) is 16.3 Å². The van der Waals surface area contributed by atoms with Crippen molar-refractivity contribution in [2.45, 2.75) is 18.4 Å². The van der Waals surface area contributed by atoms with Gasteiger partial charge in [0, 0.05) is 41.0 Å². The lowest BCUT2D eigenvalue weighted by Crippen LogP contribution is -2.43. The summed E-state index contributed by atoms with van der Waals surface area (Å²) in [4.78, 5) is 28.6. The van der Waals surface area contributed by atoms with Gasteiger partial charge in [0.1, 0.15) is 0 Å². The van der Waals surface area contributed by atoms with Crippen LogP contribution in [-0.2, 0) is 16.0 Å². The van der Waals surface area contributed by atoms with Crippen LogP contribution in [0.4, 0.5) is 0 Å². The molecule has 1 aliphatic rings. The van der Waals surface area contributed by atoms with E-state index in [1.54, 1.807) is 12.1 Å². The predicted octanol–water partition coefficient (Wildman–Crippen LogP) is 4.85. The van der Waals surface area contributed by atoms with E-state index in [2.05, 4.69) is 10.3 Å². The van der Waals surface area contributed by atoms with Gasteiger partial charge in [0.2, 0.25) is 0 Å². The number of H-pyrrole nitrogens is 1. The number of cyclic esters (lactones) is 1. The number of benzene rings is 3. The highest BCUT2D eigenvalue weighted by Gasteiger charge is 2.31. The molecule has 2 atom stereocenters. The molecule has 0 bridgehead atoms. The van der Waals surface area contributed by atoms with Crippen molar-refractivity contribution in [3.63, 3.8) is 0 Å². The number of aromatic nitrogens is 1. The van der Waals surface area contributed by atoms with Gasteiger partial charge in [-0.15, -0.1) is 0 Å². The number of carbonyl (C=O) groups is 2. The standard InChI is InChI=1S/C26H21ClN2O3/c27-22-11-5-3-9-18(22)20(21-14-28-23-12-6-4-10-19(21)23)15-29-25(30)24-13-16-7-1-2-8-17(16)26(31)32-24/h1-12,14,20,24,28H,13,15H2,(H,29,30)/t20-,24-/m0/s1. The van der Waals surface area contributed by atoms with Crippen molar-refractivity contribution in [2.75, 3.05) is 6.54 Å². The van der Waals surface area contributed by atoms with Crippen LogP contribution >= 0.6 is 11.6 Å². The minimum Gasteiger partial charge on any atom is -0.448 e. The van der Waals surface area contributed by atoms with Crippen molar-refractivity contribution in [3.05, 3.63) is 106 Å². The first kappa shape index (κ1) is 20.3. The summed E-state index contributed by atoms with van der Waals surface area (Å²) in [5.74, 6) is -0.952. The third-order valence-corrected chi connectivity index (χ3v) is 6.29. The quantitative estimate of drug-likeness (QED) is 0.432. The Bertz CT molecular complexity index is 1310. The van der Waals surface area contributed by atoms with Gasteiger partial charge in [-0.1, -0.05) is 66.2 Å². The van der Waals surface area contributed by atoms with Crippen molar-refractivity contribution in [3.8, 4) is 0 Å². The molecule has 0 spiro atoms. The van der Waals surface area contributed by atoms with Gasteiger partial charge in [-0.05, 0) is 34.9 Å². The maximum Gasteiger partial charge on any atom is 0.339 e. The Labute approximate surface area is 190 Å². The van der Waals surface area contributed by atoms with Gasteiger partial charge >= 0.3 is 5.97 Å². The van der Waals surface area contributed by atoms with E-state index in [1.807, 2.05) is 66.9 Å². The summed E-state index contributed by atoms with van der Waals surface area (Å²) >= 11 is 6.53. The first-order valence-electron chi connectivity index (χ1n) is 10.5. The number of nitrogens with one attached hydrogen (secondary N) is 2. The molecule has 1 amide bonds. The Morgan fingerprint density at radius 1 is 1.03 bits per heavy atom. The number of ether oxygens (including phenoxy) is 1. The van der Waals surface area contributed by atoms with Gasteiger partial charge in [-0.2, -0.15) is 0 Å². The fraction of sp³-hybridized carbons (Fsp3) is 0.154. The molecule has 0 aliphatic carbocycles. The monoisotopic (exact) mass is 444 g/mol. The molecular formula is C26H21ClN2O3. The van der Waals surface area contributed by atoms with Crippen LogP contribution in [0.3, 0.4) is 0 Å². The lowest BCUT2D eigenvalue weighted by molar-refractivity contribution is -0.130. The largest absolute Gasteiger partial charge is 0.448 e. The van der Waals surface area contributed by atoms with E-state index < -0.39 is 12.1 Å². The average Bonchev–Trinajstić information content (AvgIpc) is 3.24. The van der Waals surface area contributed by atoms with Crippen LogP contribution in [0.2, 0.25) is 5.02 Å². The smallest absolute Gasteiger partial charge is 0.339 e. The molecule has 160 valence electrons. The molecule has 32 heavy (non-hydrogen) atoms. The SMILES string of the molecule is O=C1O[C@H](C(=O)NC[C@@H](c2ccccc2Cl)c2c[nH]c3ccccc23)Cc2ccccc21. The zero-order chi connectivity index (χ0) is 22.1. The summed E-state index contributed by atoms with van der Waals surface area (Å²) < 4.78 is 5.41. The van der Waals surface area contributed by atoms with Crippen LogP contribution < -0.4 is 5.32 Å². The first-order valence-corrected chi connectivity index (χ1v) is 10.9. The molecule has 3 aromatic carbocycles. The minimum atomic E-state index is -0.854. The number of amides is 1. The molecule has 1 aliphatic heterocycles. The summed E-state index contributed by atoms with van der Waals surface area (Å²) in [7, 11) is 0. The number of para-hydroxylation sites is 1. The summed E-state index contributed by atoms with van der Waals surface area (Å²) in [6.07, 6.45) is 1.46. The van der Waals surface area contributed by atoms with E-state index >= 15 is 0 Å². The average molecular weight is 445 g/mol. The normalized spacial score (nSPS) is 16.3. The van der Waals surface area contributed by atoms with E-state index in [9.17, 15) is 9.59 Å². The van der Waals surface area contributed by atoms with Gasteiger partial charge < -0.3 is 15.0 Å². The highest BCUT2D eigenvalue weighted by atomic mass is 35.5. The fourth-order valence-electron chi connectivity index (χ4n) is 4.32. The van der Waals surface area contributed by atoms with E-state index in [-0.39, 0.29) is 11.8 Å². The number of halogens is 1. The van der Waals surface area contributed by atoms with Gasteiger partial charge in [-0.25, -0.2) is 4.79 Å². The topological polar surface area (TPSA) is 71.2 Å². The Morgan fingerprint density at radius 3 is 2.66 bits per heavy atom. The second kappa shape index (κ2) is 8.52. The van der Waals surface area contributed by atoms with Gasteiger partial charge in [0.05, 0.1) is 5.56 Å². The van der Waals surface area contributed by atoms with Crippen LogP contribution in [0.15, 0.2) is 79.0 Å². The number of esters is 1. The molecule has 0 unspecified atom stereocenters. The van der Waals surface area contributed by atoms with Crippen molar-refractivity contribution < 1.29 is 14.3 Å². The van der Waals surface area contributed by atoms with Crippen molar-refractivity contribution in [1.82, 2.24) is 10.3 Å². The third kappa shape index (κ3) is 3.76. The number of hydrogen-bond acceptors (Lipinski definition) is 3. The molecule has 0 radical (unpaired) electrons. The number of carbonyl (C=O) groups excluding carboxylic acids is 2. The zero-order valence-corrected chi connectivity index (χ0v) is 17.9. The van der Waals surface area contributed by atoms with Gasteiger partial charge in [0.25, 0.3) is 5.91 Å². The summed E-state index contributed by atoms with van der Waals surface area (Å²) in [5, 5.41) is 4.70. The molecule has 5 nitrogen and oxygen atoms in total. The Kier molecular flexibility index (Phi) is 5.41. The lowest BCUT2D eigenvalue weighted by atomic mass is 9.90. The lowest BCUT2D eigenvalue weighted by Gasteiger charge is -2.25. The number of hydrogen-bond donors (Lipinski definition) is 2. The van der Waals surface area contributed by atoms with Gasteiger partial charge in [-0.3, -0.25) is 4.79 Å². The molecule has 2 N–H and O–H groups in total. The molecule has 5 rings (SSSR count). The third-order valence-electron chi connectivity index (χ3n) is 5.94. The second-order valence-corrected chi connectivity index (χ2v) is 8.27. The van der Waals surface area contributed by atoms with Crippen LogP contribution in [0.25, 0.3) is 10.9 Å². The fourth-order valence-corrected chi connectivity index (χ4v) is 4.59. The summed E-state index contributed by atoms with van der Waals surface area (Å²) in [6, 6.07) is 22.9. The van der Waals surface area contributed by atoms with Crippen LogP contribution in [0, 0.1) is 0 Å². The molecule has 4 aromatic rings. The van der Waals surface area contributed by atoms with Crippen LogP contribution in [0.1, 0.15) is 33.0 Å². The molecule has 1 aromatic heterocycles. The highest BCUT2D eigenvalue weighted by Crippen LogP contribution is 2.34. The highest BCUT2D eigenvalue weighted by molar-refractivity contribution is 6.31. The molecule has 0 saturated carbocycles. The van der Waals surface area contributed by atoms with E-state index in [1.165, 1.54) is 0 Å². The van der Waals surface area contributed by atoms with Crippen molar-refractivity contribution >= 4 is 34.4 Å². The number of aromatic amines is 1. The molecule has 6 heteroatoms. The summed E-state index contributed by atoms with van der Waals surface area (Å²) in [5.41, 5.74) is 4.32. The maximum atomic E-state index is 13.0. The van der Waals surface area contributed by atoms with Crippen molar-refractivity contribution in [2.24, 2.45) is 0 Å². The van der Waals surface area contributed by atoms with Gasteiger partial charge in [0.15, 0.2) is 6.10 Å². The molecule has 2 heterocycles. The Balaban J connectivity index is 1.41. The molecule has 0 fully saturated rings. The maximum absolute atomic E-state index is 13.0. The Morgan fingerprint density at radius 2 is 1.78 bits per heavy atom. The second-order valence-electron chi connectivity index (χ2n) is 7.86. The van der Waals surface area contributed by atoms with E-state index in [0.717, 1.165) is 27.6 Å². The van der Waals surface area contributed by atoms with Crippen LogP contribution in [-0.4, -0.2) is 29.5 Å². The van der Waals surface area contributed by atoms with E-state index in [0.29, 0.717) is 23.6 Å². The number of rotatable bonds is 5. The number of fused-ring (bicyclic) bond motifs is 2. The Hall–Kier alpha value is -3.57. The van der Waals surface area contributed by atoms with Crippen molar-refractivity contribution in [1.29, 1.82) is 0 Å². The zero-order valence-electron chi connectivity index (χ0n) is 17.2. The minimum absolute atomic E-state index is 0.171.